The van der Waals surface area contributed by atoms with Crippen LogP contribution in [0.5, 0.6) is 0 Å². The van der Waals surface area contributed by atoms with Crippen LogP contribution in [0.25, 0.3) is 0 Å². The second-order valence-corrected chi connectivity index (χ2v) is 13.9. The molecule has 5 heterocycles. The number of hydrogen-bond donors (Lipinski definition) is 0. The van der Waals surface area contributed by atoms with Crippen LogP contribution in [0.1, 0.15) is 69.4 Å². The maximum Gasteiger partial charge on any atom is 0.410 e. The van der Waals surface area contributed by atoms with Gasteiger partial charge in [-0.15, -0.1) is 0 Å². The molecule has 6 rings (SSSR count). The molecule has 8 nitrogen and oxygen atoms in total. The van der Waals surface area contributed by atoms with Crippen molar-refractivity contribution in [1.82, 2.24) is 14.1 Å². The van der Waals surface area contributed by atoms with Gasteiger partial charge in [0.15, 0.2) is 0 Å². The van der Waals surface area contributed by atoms with E-state index >= 15 is 0 Å². The zero-order chi connectivity index (χ0) is 25.6. The van der Waals surface area contributed by atoms with E-state index in [9.17, 15) is 13.2 Å². The summed E-state index contributed by atoms with van der Waals surface area (Å²) >= 11 is 0. The molecule has 1 spiro atoms. The van der Waals surface area contributed by atoms with Crippen molar-refractivity contribution in [2.45, 2.75) is 94.5 Å². The number of ether oxygens (including phenoxy) is 2. The van der Waals surface area contributed by atoms with Gasteiger partial charge in [-0.1, -0.05) is 31.2 Å². The molecule has 4 fully saturated rings. The Kier molecular flexibility index (Phi) is 7.01. The summed E-state index contributed by atoms with van der Waals surface area (Å²) in [4.78, 5) is 17.6. The first kappa shape index (κ1) is 25.6. The molecule has 37 heavy (non-hydrogen) atoms. The number of fused-ring (bicyclic) bond motifs is 4. The quantitative estimate of drug-likeness (QED) is 0.579. The van der Waals surface area contributed by atoms with E-state index in [0.29, 0.717) is 38.8 Å². The van der Waals surface area contributed by atoms with Gasteiger partial charge in [-0.05, 0) is 69.2 Å². The molecule has 5 aliphatic heterocycles. The second-order valence-electron chi connectivity index (χ2n) is 11.8. The Morgan fingerprint density at radius 1 is 1.08 bits per heavy atom. The first-order chi connectivity index (χ1) is 17.9. The van der Waals surface area contributed by atoms with Crippen LogP contribution in [-0.4, -0.2) is 91.4 Å². The molecule has 3 atom stereocenters. The molecule has 2 bridgehead atoms. The summed E-state index contributed by atoms with van der Waals surface area (Å²) in [6.45, 7) is 6.18. The molecular weight excluding hydrogens is 490 g/mol. The zero-order valence-electron chi connectivity index (χ0n) is 22.0. The predicted molar refractivity (Wildman–Crippen MR) is 141 cm³/mol. The number of nitrogens with zero attached hydrogens (tertiary/aromatic N) is 3. The van der Waals surface area contributed by atoms with Gasteiger partial charge >= 0.3 is 6.09 Å². The van der Waals surface area contributed by atoms with Gasteiger partial charge in [-0.3, -0.25) is 0 Å². The van der Waals surface area contributed by atoms with Crippen LogP contribution in [-0.2, 0) is 31.5 Å². The molecule has 0 saturated carbocycles. The Hall–Kier alpha value is -1.68. The molecular formula is C28H41N3O5S. The van der Waals surface area contributed by atoms with Crippen molar-refractivity contribution >= 4 is 16.1 Å². The number of likely N-dealkylation sites (tertiary alicyclic amines) is 1. The third-order valence-electron chi connectivity index (χ3n) is 9.62. The first-order valence-electron chi connectivity index (χ1n) is 14.3. The van der Waals surface area contributed by atoms with Crippen LogP contribution in [0.3, 0.4) is 0 Å². The molecule has 204 valence electrons. The van der Waals surface area contributed by atoms with Crippen molar-refractivity contribution in [2.24, 2.45) is 0 Å². The van der Waals surface area contributed by atoms with Gasteiger partial charge < -0.3 is 19.3 Å². The average molecular weight is 532 g/mol. The summed E-state index contributed by atoms with van der Waals surface area (Å²) in [5, 5.41) is 0. The predicted octanol–water partition coefficient (Wildman–Crippen LogP) is 3.50. The van der Waals surface area contributed by atoms with Gasteiger partial charge in [-0.25, -0.2) is 13.2 Å². The Morgan fingerprint density at radius 2 is 1.81 bits per heavy atom. The molecule has 0 aliphatic carbocycles. The normalized spacial score (nSPS) is 32.0. The number of rotatable bonds is 5. The molecule has 0 N–H and O–H groups in total. The molecule has 4 saturated heterocycles. The fraction of sp³-hybridized carbons (Fsp3) is 0.750. The maximum atomic E-state index is 13.1. The van der Waals surface area contributed by atoms with E-state index in [1.807, 2.05) is 17.9 Å². The molecule has 1 aromatic rings. The van der Waals surface area contributed by atoms with Crippen LogP contribution in [0.4, 0.5) is 4.79 Å². The summed E-state index contributed by atoms with van der Waals surface area (Å²) in [5.74, 6) is 0.217. The highest BCUT2D eigenvalue weighted by Gasteiger charge is 2.49. The smallest absolute Gasteiger partial charge is 0.410 e. The van der Waals surface area contributed by atoms with Crippen LogP contribution < -0.4 is 0 Å². The Balaban J connectivity index is 1.13. The molecule has 0 radical (unpaired) electrons. The van der Waals surface area contributed by atoms with Crippen LogP contribution in [0, 0.1) is 0 Å². The number of sulfonamides is 1. The van der Waals surface area contributed by atoms with Crippen molar-refractivity contribution in [2.75, 3.05) is 38.6 Å². The van der Waals surface area contributed by atoms with E-state index < -0.39 is 10.0 Å². The third kappa shape index (κ3) is 4.81. The minimum absolute atomic E-state index is 0.0954. The van der Waals surface area contributed by atoms with E-state index in [0.717, 1.165) is 58.0 Å². The van der Waals surface area contributed by atoms with Gasteiger partial charge in [0.1, 0.15) is 6.10 Å². The summed E-state index contributed by atoms with van der Waals surface area (Å²) < 4.78 is 39.1. The molecule has 0 aromatic heterocycles. The van der Waals surface area contributed by atoms with E-state index in [2.05, 4.69) is 23.1 Å². The second kappa shape index (κ2) is 10.1. The highest BCUT2D eigenvalue weighted by molar-refractivity contribution is 7.89. The van der Waals surface area contributed by atoms with Gasteiger partial charge in [-0.2, -0.15) is 4.31 Å². The molecule has 5 aliphatic rings. The monoisotopic (exact) mass is 531 g/mol. The number of amides is 1. The van der Waals surface area contributed by atoms with E-state index in [-0.39, 0.29) is 35.4 Å². The number of benzene rings is 1. The molecule has 1 aromatic carbocycles. The van der Waals surface area contributed by atoms with Gasteiger partial charge in [0, 0.05) is 43.1 Å². The minimum Gasteiger partial charge on any atom is -0.444 e. The topological polar surface area (TPSA) is 79.4 Å². The average Bonchev–Trinajstić information content (AvgIpc) is 3.49. The zero-order valence-corrected chi connectivity index (χ0v) is 22.8. The van der Waals surface area contributed by atoms with Crippen molar-refractivity contribution in [3.63, 3.8) is 0 Å². The fourth-order valence-corrected chi connectivity index (χ4v) is 9.28. The highest BCUT2D eigenvalue weighted by Crippen LogP contribution is 2.45. The number of piperidine rings is 2. The Labute approximate surface area is 221 Å². The minimum atomic E-state index is -3.25. The van der Waals surface area contributed by atoms with Crippen LogP contribution in [0.15, 0.2) is 24.3 Å². The summed E-state index contributed by atoms with van der Waals surface area (Å²) in [7, 11) is -3.25. The lowest BCUT2D eigenvalue weighted by atomic mass is 9.69. The third-order valence-corrected chi connectivity index (χ3v) is 11.6. The van der Waals surface area contributed by atoms with E-state index in [1.165, 1.54) is 11.1 Å². The SMILES string of the molecule is CCCS(=O)(=O)N1Cc2ccccc2C2(CCN(C3CC4CCC(C3)N4C(=O)O[C@H]3CCOC3)CC2)C1. The standard InChI is InChI=1S/C28H41N3O5S/c1-2-15-37(33,34)30-18-21-5-3-4-6-26(21)28(20-30)10-12-29(13-11-28)24-16-22-7-8-23(17-24)31(22)27(32)36-25-9-14-35-19-25/h3-6,22-25H,2,7-20H2,1H3/t22?,23?,24?,25-/m0/s1. The number of hydrogen-bond acceptors (Lipinski definition) is 6. The van der Waals surface area contributed by atoms with Crippen molar-refractivity contribution in [3.05, 3.63) is 35.4 Å². The van der Waals surface area contributed by atoms with Crippen molar-refractivity contribution in [3.8, 4) is 0 Å². The first-order valence-corrected chi connectivity index (χ1v) is 15.9. The highest BCUT2D eigenvalue weighted by atomic mass is 32.2. The van der Waals surface area contributed by atoms with E-state index in [4.69, 9.17) is 9.47 Å². The number of carbonyl (C=O) groups is 1. The molecule has 1 amide bonds. The Morgan fingerprint density at radius 3 is 2.49 bits per heavy atom. The lowest BCUT2D eigenvalue weighted by molar-refractivity contribution is 0.00743. The van der Waals surface area contributed by atoms with Gasteiger partial charge in [0.2, 0.25) is 10.0 Å². The molecule has 2 unspecified atom stereocenters. The lowest BCUT2D eigenvalue weighted by Crippen LogP contribution is -2.58. The van der Waals surface area contributed by atoms with Crippen molar-refractivity contribution in [1.29, 1.82) is 0 Å². The largest absolute Gasteiger partial charge is 0.444 e. The van der Waals surface area contributed by atoms with E-state index in [1.54, 1.807) is 4.31 Å². The Bertz CT molecular complexity index is 1080. The fourth-order valence-electron chi connectivity index (χ4n) is 7.73. The van der Waals surface area contributed by atoms with Crippen LogP contribution in [0.2, 0.25) is 0 Å². The van der Waals surface area contributed by atoms with Gasteiger partial charge in [0.25, 0.3) is 0 Å². The maximum absolute atomic E-state index is 13.1. The van der Waals surface area contributed by atoms with Gasteiger partial charge in [0.05, 0.1) is 19.0 Å². The molecule has 9 heteroatoms. The summed E-state index contributed by atoms with van der Waals surface area (Å²) in [5.41, 5.74) is 2.41. The lowest BCUT2D eigenvalue weighted by Gasteiger charge is -2.51. The number of carbonyl (C=O) groups excluding carboxylic acids is 1. The summed E-state index contributed by atoms with van der Waals surface area (Å²) in [6, 6.07) is 9.49. The van der Waals surface area contributed by atoms with Crippen molar-refractivity contribution < 1.29 is 22.7 Å². The summed E-state index contributed by atoms with van der Waals surface area (Å²) in [6.07, 6.45) is 7.29. The van der Waals surface area contributed by atoms with Crippen LogP contribution >= 0.6 is 0 Å².